The topological polar surface area (TPSA) is 46.3 Å². The first-order valence-electron chi connectivity index (χ1n) is 5.81. The van der Waals surface area contributed by atoms with Crippen molar-refractivity contribution in [2.24, 2.45) is 5.73 Å². The lowest BCUT2D eigenvalue weighted by Gasteiger charge is -2.35. The Morgan fingerprint density at radius 3 is 2.87 bits per heavy atom. The molecule has 0 spiro atoms. The van der Waals surface area contributed by atoms with Gasteiger partial charge in [0.15, 0.2) is 0 Å². The van der Waals surface area contributed by atoms with Crippen molar-refractivity contribution in [3.8, 4) is 0 Å². The highest BCUT2D eigenvalue weighted by molar-refractivity contribution is 7.99. The minimum absolute atomic E-state index is 0.188. The van der Waals surface area contributed by atoms with E-state index in [1.807, 2.05) is 16.7 Å². The Hall–Kier alpha value is -0.220. The smallest absolute Gasteiger partial charge is 0.239 e. The van der Waals surface area contributed by atoms with Gasteiger partial charge in [0.2, 0.25) is 5.91 Å². The summed E-state index contributed by atoms with van der Waals surface area (Å²) < 4.78 is 0. The predicted octanol–water partition coefficient (Wildman–Crippen LogP) is 1.22. The SMILES string of the molecule is CSC1CCC(N2CCCC(N)C2=O)C1. The molecule has 1 saturated carbocycles. The molecule has 3 unspecified atom stereocenters. The van der Waals surface area contributed by atoms with Crippen molar-refractivity contribution in [3.63, 3.8) is 0 Å². The van der Waals surface area contributed by atoms with Crippen molar-refractivity contribution in [2.45, 2.75) is 49.4 Å². The molecule has 3 nitrogen and oxygen atoms in total. The number of amides is 1. The minimum Gasteiger partial charge on any atom is -0.338 e. The average Bonchev–Trinajstić information content (AvgIpc) is 2.70. The van der Waals surface area contributed by atoms with E-state index in [-0.39, 0.29) is 11.9 Å². The molecular formula is C11H20N2OS. The van der Waals surface area contributed by atoms with E-state index in [0.717, 1.165) is 24.6 Å². The van der Waals surface area contributed by atoms with Gasteiger partial charge >= 0.3 is 0 Å². The molecule has 0 aromatic heterocycles. The number of piperidine rings is 1. The first-order valence-corrected chi connectivity index (χ1v) is 7.10. The molecule has 2 fully saturated rings. The molecule has 86 valence electrons. The quantitative estimate of drug-likeness (QED) is 0.773. The summed E-state index contributed by atoms with van der Waals surface area (Å²) in [6, 6.07) is 0.244. The monoisotopic (exact) mass is 228 g/mol. The van der Waals surface area contributed by atoms with Crippen LogP contribution < -0.4 is 5.73 Å². The maximum Gasteiger partial charge on any atom is 0.239 e. The van der Waals surface area contributed by atoms with Crippen molar-refractivity contribution in [3.05, 3.63) is 0 Å². The van der Waals surface area contributed by atoms with Gasteiger partial charge in [0, 0.05) is 17.8 Å². The molecule has 0 aromatic rings. The lowest BCUT2D eigenvalue weighted by atomic mass is 10.0. The molecule has 1 aliphatic carbocycles. The summed E-state index contributed by atoms with van der Waals surface area (Å²) >= 11 is 1.93. The van der Waals surface area contributed by atoms with E-state index in [1.165, 1.54) is 19.3 Å². The van der Waals surface area contributed by atoms with Gasteiger partial charge in [0.25, 0.3) is 0 Å². The van der Waals surface area contributed by atoms with E-state index in [9.17, 15) is 4.79 Å². The number of hydrogen-bond acceptors (Lipinski definition) is 3. The molecule has 3 atom stereocenters. The normalized spacial score (nSPS) is 37.3. The molecule has 2 aliphatic rings. The van der Waals surface area contributed by atoms with Crippen molar-refractivity contribution in [1.82, 2.24) is 4.90 Å². The fraction of sp³-hybridized carbons (Fsp3) is 0.909. The van der Waals surface area contributed by atoms with Gasteiger partial charge in [-0.05, 0) is 38.4 Å². The van der Waals surface area contributed by atoms with E-state index in [0.29, 0.717) is 6.04 Å². The number of nitrogens with two attached hydrogens (primary N) is 1. The van der Waals surface area contributed by atoms with Gasteiger partial charge in [-0.2, -0.15) is 11.8 Å². The number of carbonyl (C=O) groups is 1. The van der Waals surface area contributed by atoms with Crippen LogP contribution >= 0.6 is 11.8 Å². The Bertz CT molecular complexity index is 247. The van der Waals surface area contributed by atoms with Gasteiger partial charge in [-0.25, -0.2) is 0 Å². The second-order valence-electron chi connectivity index (χ2n) is 4.60. The predicted molar refractivity (Wildman–Crippen MR) is 63.9 cm³/mol. The average molecular weight is 228 g/mol. The third kappa shape index (κ3) is 2.31. The fourth-order valence-electron chi connectivity index (χ4n) is 2.71. The van der Waals surface area contributed by atoms with Crippen molar-refractivity contribution < 1.29 is 4.79 Å². The lowest BCUT2D eigenvalue weighted by molar-refractivity contribution is -0.137. The largest absolute Gasteiger partial charge is 0.338 e. The van der Waals surface area contributed by atoms with E-state index >= 15 is 0 Å². The first-order chi connectivity index (χ1) is 7.22. The summed E-state index contributed by atoms with van der Waals surface area (Å²) in [7, 11) is 0. The minimum atomic E-state index is -0.230. The summed E-state index contributed by atoms with van der Waals surface area (Å²) in [5.74, 6) is 0.188. The molecular weight excluding hydrogens is 208 g/mol. The van der Waals surface area contributed by atoms with Crippen LogP contribution in [0.25, 0.3) is 0 Å². The molecule has 2 rings (SSSR count). The molecule has 1 saturated heterocycles. The standard InChI is InChI=1S/C11H20N2OS/c1-15-9-5-4-8(7-9)13-6-2-3-10(12)11(13)14/h8-10H,2-7,12H2,1H3. The summed E-state index contributed by atoms with van der Waals surface area (Å²) in [6.45, 7) is 0.929. The highest BCUT2D eigenvalue weighted by atomic mass is 32.2. The number of rotatable bonds is 2. The molecule has 2 N–H and O–H groups in total. The second kappa shape index (κ2) is 4.74. The number of nitrogens with zero attached hydrogens (tertiary/aromatic N) is 1. The third-order valence-corrected chi connectivity index (χ3v) is 4.74. The van der Waals surface area contributed by atoms with Crippen molar-refractivity contribution in [1.29, 1.82) is 0 Å². The number of thioether (sulfide) groups is 1. The number of hydrogen-bond donors (Lipinski definition) is 1. The Morgan fingerprint density at radius 2 is 2.20 bits per heavy atom. The molecule has 15 heavy (non-hydrogen) atoms. The Kier molecular flexibility index (Phi) is 3.57. The molecule has 1 aliphatic heterocycles. The molecule has 0 aromatic carbocycles. The van der Waals surface area contributed by atoms with Crippen LogP contribution in [0.1, 0.15) is 32.1 Å². The van der Waals surface area contributed by atoms with Crippen LogP contribution in [-0.2, 0) is 4.79 Å². The van der Waals surface area contributed by atoms with Crippen molar-refractivity contribution in [2.75, 3.05) is 12.8 Å². The van der Waals surface area contributed by atoms with Gasteiger partial charge in [-0.1, -0.05) is 0 Å². The Morgan fingerprint density at radius 1 is 1.40 bits per heavy atom. The second-order valence-corrected chi connectivity index (χ2v) is 5.74. The third-order valence-electron chi connectivity index (χ3n) is 3.65. The number of likely N-dealkylation sites (tertiary alicyclic amines) is 1. The van der Waals surface area contributed by atoms with Gasteiger partial charge in [0.05, 0.1) is 6.04 Å². The van der Waals surface area contributed by atoms with Crippen molar-refractivity contribution >= 4 is 17.7 Å². The Balaban J connectivity index is 1.95. The number of carbonyl (C=O) groups excluding carboxylic acids is 1. The molecule has 4 heteroatoms. The summed E-state index contributed by atoms with van der Waals surface area (Å²) in [5, 5.41) is 0.751. The van der Waals surface area contributed by atoms with Gasteiger partial charge < -0.3 is 10.6 Å². The van der Waals surface area contributed by atoms with E-state index in [4.69, 9.17) is 5.73 Å². The first kappa shape index (κ1) is 11.3. The van der Waals surface area contributed by atoms with Crippen LogP contribution in [0.15, 0.2) is 0 Å². The fourth-order valence-corrected chi connectivity index (χ4v) is 3.49. The zero-order chi connectivity index (χ0) is 10.8. The van der Waals surface area contributed by atoms with Crippen LogP contribution in [0.4, 0.5) is 0 Å². The molecule has 1 heterocycles. The summed E-state index contributed by atoms with van der Waals surface area (Å²) in [5.41, 5.74) is 5.81. The molecule has 0 bridgehead atoms. The highest BCUT2D eigenvalue weighted by Crippen LogP contribution is 2.32. The van der Waals surface area contributed by atoms with Crippen LogP contribution in [0.3, 0.4) is 0 Å². The lowest BCUT2D eigenvalue weighted by Crippen LogP contribution is -2.51. The van der Waals surface area contributed by atoms with Crippen LogP contribution in [0, 0.1) is 0 Å². The van der Waals surface area contributed by atoms with E-state index < -0.39 is 0 Å². The highest BCUT2D eigenvalue weighted by Gasteiger charge is 2.35. The zero-order valence-corrected chi connectivity index (χ0v) is 10.1. The maximum atomic E-state index is 11.9. The van der Waals surface area contributed by atoms with Crippen LogP contribution in [0.2, 0.25) is 0 Å². The zero-order valence-electron chi connectivity index (χ0n) is 9.32. The van der Waals surface area contributed by atoms with Gasteiger partial charge in [0.1, 0.15) is 0 Å². The molecule has 0 radical (unpaired) electrons. The van der Waals surface area contributed by atoms with Gasteiger partial charge in [-0.3, -0.25) is 4.79 Å². The van der Waals surface area contributed by atoms with Crippen LogP contribution in [0.5, 0.6) is 0 Å². The van der Waals surface area contributed by atoms with E-state index in [2.05, 4.69) is 6.26 Å². The summed E-state index contributed by atoms with van der Waals surface area (Å²) in [4.78, 5) is 13.9. The Labute approximate surface area is 95.8 Å². The summed E-state index contributed by atoms with van der Waals surface area (Å²) in [6.07, 6.45) is 7.70. The van der Waals surface area contributed by atoms with Gasteiger partial charge in [-0.15, -0.1) is 0 Å². The van der Waals surface area contributed by atoms with Crippen LogP contribution in [-0.4, -0.2) is 40.9 Å². The maximum absolute atomic E-state index is 11.9. The van der Waals surface area contributed by atoms with E-state index in [1.54, 1.807) is 0 Å². The molecule has 1 amide bonds.